The Kier molecular flexibility index (Phi) is 2.67. The van der Waals surface area contributed by atoms with Crippen LogP contribution in [0.3, 0.4) is 0 Å². The highest BCUT2D eigenvalue weighted by Crippen LogP contribution is 2.26. The van der Waals surface area contributed by atoms with Gasteiger partial charge in [0.05, 0.1) is 12.5 Å². The summed E-state index contributed by atoms with van der Waals surface area (Å²) in [5.74, 6) is 0.631. The maximum absolute atomic E-state index is 11.9. The predicted molar refractivity (Wildman–Crippen MR) is 72.4 cm³/mol. The number of hydrogen-bond acceptors (Lipinski definition) is 4. The molecule has 0 aromatic carbocycles. The molecule has 3 heterocycles. The molecule has 0 saturated carbocycles. The summed E-state index contributed by atoms with van der Waals surface area (Å²) < 4.78 is 5.18. The van der Waals surface area contributed by atoms with Crippen LogP contribution >= 0.6 is 12.2 Å². The zero-order valence-electron chi connectivity index (χ0n) is 10.5. The van der Waals surface area contributed by atoms with Gasteiger partial charge in [0, 0.05) is 14.1 Å². The first-order chi connectivity index (χ1) is 9.09. The van der Waals surface area contributed by atoms with Crippen molar-refractivity contribution < 1.29 is 9.21 Å². The van der Waals surface area contributed by atoms with Crippen molar-refractivity contribution in [3.8, 4) is 0 Å². The fourth-order valence-electron chi connectivity index (χ4n) is 2.28. The Labute approximate surface area is 115 Å². The Balaban J connectivity index is 1.85. The van der Waals surface area contributed by atoms with E-state index in [1.54, 1.807) is 53.5 Å². The fourth-order valence-corrected chi connectivity index (χ4v) is 2.56. The van der Waals surface area contributed by atoms with Crippen LogP contribution in [0.4, 0.5) is 4.79 Å². The van der Waals surface area contributed by atoms with E-state index in [-0.39, 0.29) is 18.4 Å². The van der Waals surface area contributed by atoms with Crippen LogP contribution in [-0.4, -0.2) is 58.6 Å². The van der Waals surface area contributed by atoms with Crippen LogP contribution in [0.25, 0.3) is 0 Å². The van der Waals surface area contributed by atoms with E-state index in [2.05, 4.69) is 10.4 Å². The number of furan rings is 1. The number of amides is 2. The minimum Gasteiger partial charge on any atom is -0.463 e. The first-order valence-corrected chi connectivity index (χ1v) is 6.17. The zero-order chi connectivity index (χ0) is 13.6. The van der Waals surface area contributed by atoms with Gasteiger partial charge in [0.2, 0.25) is 0 Å². The molecule has 19 heavy (non-hydrogen) atoms. The van der Waals surface area contributed by atoms with Gasteiger partial charge >= 0.3 is 6.03 Å². The van der Waals surface area contributed by atoms with Crippen LogP contribution in [-0.2, 0) is 0 Å². The molecule has 2 saturated heterocycles. The summed E-state index contributed by atoms with van der Waals surface area (Å²) in [4.78, 5) is 15.1. The number of rotatable bonds is 2. The van der Waals surface area contributed by atoms with E-state index in [0.29, 0.717) is 10.9 Å². The zero-order valence-corrected chi connectivity index (χ0v) is 11.3. The Morgan fingerprint density at radius 3 is 2.95 bits per heavy atom. The summed E-state index contributed by atoms with van der Waals surface area (Å²) in [5.41, 5.74) is 0. The molecule has 2 aliphatic heterocycles. The van der Waals surface area contributed by atoms with E-state index in [4.69, 9.17) is 16.6 Å². The number of nitrogens with zero attached hydrogens (tertiary/aromatic N) is 4. The second-order valence-electron chi connectivity index (χ2n) is 4.42. The van der Waals surface area contributed by atoms with Gasteiger partial charge in [-0.3, -0.25) is 0 Å². The third-order valence-corrected chi connectivity index (χ3v) is 3.59. The molecule has 0 bridgehead atoms. The summed E-state index contributed by atoms with van der Waals surface area (Å²) in [6, 6.07) is 3.51. The minimum atomic E-state index is -0.240. The average Bonchev–Trinajstić information content (AvgIpc) is 3.05. The lowest BCUT2D eigenvalue weighted by molar-refractivity contribution is 0.174. The second-order valence-corrected chi connectivity index (χ2v) is 4.80. The molecule has 100 valence electrons. The number of nitrogens with one attached hydrogen (secondary N) is 1. The van der Waals surface area contributed by atoms with Gasteiger partial charge < -0.3 is 19.5 Å². The van der Waals surface area contributed by atoms with Crippen molar-refractivity contribution in [2.24, 2.45) is 5.10 Å². The highest BCUT2D eigenvalue weighted by atomic mass is 32.1. The molecule has 7 nitrogen and oxygen atoms in total. The number of thiocarbonyl (C=S) groups is 1. The van der Waals surface area contributed by atoms with Gasteiger partial charge in [-0.05, 0) is 24.4 Å². The summed E-state index contributed by atoms with van der Waals surface area (Å²) in [5, 5.41) is 9.49. The maximum Gasteiger partial charge on any atom is 0.323 e. The SMILES string of the molecule is CN1C(=O)N(C)C2C1NC(=S)N2/N=C/c1ccco1. The highest BCUT2D eigenvalue weighted by molar-refractivity contribution is 7.80. The molecule has 2 fully saturated rings. The molecule has 1 aromatic rings. The van der Waals surface area contributed by atoms with Gasteiger partial charge in [0.15, 0.2) is 11.3 Å². The van der Waals surface area contributed by atoms with Crippen LogP contribution in [0.5, 0.6) is 0 Å². The number of fused-ring (bicyclic) bond motifs is 1. The number of carbonyl (C=O) groups excluding carboxylic acids is 1. The van der Waals surface area contributed by atoms with Crippen LogP contribution in [0.1, 0.15) is 5.76 Å². The van der Waals surface area contributed by atoms with Gasteiger partial charge in [-0.25, -0.2) is 9.80 Å². The van der Waals surface area contributed by atoms with Crippen LogP contribution in [0.2, 0.25) is 0 Å². The normalized spacial score (nSPS) is 26.5. The molecule has 0 spiro atoms. The Morgan fingerprint density at radius 2 is 2.26 bits per heavy atom. The second kappa shape index (κ2) is 4.23. The monoisotopic (exact) mass is 279 g/mol. The van der Waals surface area contributed by atoms with Crippen LogP contribution in [0, 0.1) is 0 Å². The van der Waals surface area contributed by atoms with Crippen molar-refractivity contribution in [2.45, 2.75) is 12.3 Å². The van der Waals surface area contributed by atoms with E-state index in [1.165, 1.54) is 0 Å². The first kappa shape index (κ1) is 12.0. The van der Waals surface area contributed by atoms with Gasteiger partial charge in [0.1, 0.15) is 11.9 Å². The molecular weight excluding hydrogens is 266 g/mol. The van der Waals surface area contributed by atoms with Crippen molar-refractivity contribution in [3.63, 3.8) is 0 Å². The van der Waals surface area contributed by atoms with Gasteiger partial charge in [-0.2, -0.15) is 5.10 Å². The molecule has 3 rings (SSSR count). The van der Waals surface area contributed by atoms with Crippen molar-refractivity contribution in [1.29, 1.82) is 0 Å². The van der Waals surface area contributed by atoms with Gasteiger partial charge in [-0.15, -0.1) is 0 Å². The summed E-state index contributed by atoms with van der Waals surface area (Å²) >= 11 is 5.24. The Bertz CT molecular complexity index is 543. The first-order valence-electron chi connectivity index (χ1n) is 5.76. The topological polar surface area (TPSA) is 64.3 Å². The number of carbonyl (C=O) groups is 1. The van der Waals surface area contributed by atoms with E-state index >= 15 is 0 Å². The third-order valence-electron chi connectivity index (χ3n) is 3.28. The molecule has 2 atom stereocenters. The molecule has 2 unspecified atom stereocenters. The standard InChI is InChI=1S/C11H13N5O2S/c1-14-8-9(15(2)11(14)17)16(10(19)13-8)12-6-7-4-3-5-18-7/h3-6,8-9H,1-2H3,(H,13,19)/b12-6+. The number of hydrazone groups is 1. The van der Waals surface area contributed by atoms with Crippen molar-refractivity contribution in [3.05, 3.63) is 24.2 Å². The summed E-state index contributed by atoms with van der Waals surface area (Å²) in [6.45, 7) is 0. The van der Waals surface area contributed by atoms with Gasteiger partial charge in [0.25, 0.3) is 0 Å². The van der Waals surface area contributed by atoms with E-state index in [1.807, 2.05) is 0 Å². The lowest BCUT2D eigenvalue weighted by atomic mass is 10.4. The van der Waals surface area contributed by atoms with Crippen molar-refractivity contribution in [2.75, 3.05) is 14.1 Å². The molecule has 0 radical (unpaired) electrons. The molecule has 2 amide bonds. The molecule has 8 heteroatoms. The lowest BCUT2D eigenvalue weighted by Gasteiger charge is -2.23. The maximum atomic E-state index is 11.9. The van der Waals surface area contributed by atoms with Gasteiger partial charge in [-0.1, -0.05) is 0 Å². The molecule has 0 aliphatic carbocycles. The predicted octanol–water partition coefficient (Wildman–Crippen LogP) is 0.453. The fraction of sp³-hybridized carbons (Fsp3) is 0.364. The third kappa shape index (κ3) is 1.75. The van der Waals surface area contributed by atoms with Crippen molar-refractivity contribution >= 4 is 29.6 Å². The summed E-state index contributed by atoms with van der Waals surface area (Å²) in [7, 11) is 3.47. The number of likely N-dealkylation sites (N-methyl/N-ethyl adjacent to an activating group) is 2. The van der Waals surface area contributed by atoms with Crippen molar-refractivity contribution in [1.82, 2.24) is 20.1 Å². The lowest BCUT2D eigenvalue weighted by Crippen LogP contribution is -2.41. The molecular formula is C11H13N5O2S. The number of hydrogen-bond donors (Lipinski definition) is 1. The van der Waals surface area contributed by atoms with Crippen LogP contribution in [0.15, 0.2) is 27.9 Å². The molecule has 1 aromatic heterocycles. The molecule has 1 N–H and O–H groups in total. The summed E-state index contributed by atoms with van der Waals surface area (Å²) in [6.07, 6.45) is 2.73. The molecule has 2 aliphatic rings. The quantitative estimate of drug-likeness (QED) is 0.629. The van der Waals surface area contributed by atoms with E-state index in [9.17, 15) is 4.79 Å². The van der Waals surface area contributed by atoms with E-state index in [0.717, 1.165) is 0 Å². The van der Waals surface area contributed by atoms with E-state index < -0.39 is 0 Å². The van der Waals surface area contributed by atoms with Crippen LogP contribution < -0.4 is 5.32 Å². The minimum absolute atomic E-state index is 0.0665. The Hall–Kier alpha value is -2.09. The largest absolute Gasteiger partial charge is 0.463 e. The smallest absolute Gasteiger partial charge is 0.323 e. The number of urea groups is 1. The highest BCUT2D eigenvalue weighted by Gasteiger charge is 2.51. The average molecular weight is 279 g/mol. The Morgan fingerprint density at radius 1 is 1.47 bits per heavy atom.